The summed E-state index contributed by atoms with van der Waals surface area (Å²) in [7, 11) is 1.69. The summed E-state index contributed by atoms with van der Waals surface area (Å²) in [5.74, 6) is -0.629. The lowest BCUT2D eigenvalue weighted by Gasteiger charge is -2.07. The van der Waals surface area contributed by atoms with Gasteiger partial charge in [-0.05, 0) is 19.1 Å². The van der Waals surface area contributed by atoms with Gasteiger partial charge in [-0.15, -0.1) is 0 Å². The third-order valence-corrected chi connectivity index (χ3v) is 2.64. The number of anilines is 1. The van der Waals surface area contributed by atoms with Gasteiger partial charge in [-0.1, -0.05) is 12.1 Å². The van der Waals surface area contributed by atoms with E-state index in [1.807, 2.05) is 0 Å². The number of aromatic hydroxyl groups is 1. The lowest BCUT2D eigenvalue weighted by atomic mass is 10.2. The van der Waals surface area contributed by atoms with Crippen LogP contribution in [0.25, 0.3) is 0 Å². The number of carbonyl (C=O) groups excluding carboxylic acids is 2. The molecule has 0 aliphatic rings. The number of phenolic OH excluding ortho intramolecular Hbond substituents is 1. The molecular formula is C13H14N4O3. The molecule has 7 nitrogen and oxygen atoms in total. The van der Waals surface area contributed by atoms with Gasteiger partial charge in [0.05, 0.1) is 16.9 Å². The molecule has 0 fully saturated rings. The number of aromatic nitrogens is 2. The van der Waals surface area contributed by atoms with Crippen molar-refractivity contribution in [1.29, 1.82) is 0 Å². The Morgan fingerprint density at radius 2 is 2.00 bits per heavy atom. The molecule has 1 heterocycles. The number of nitrogens with zero attached hydrogens (tertiary/aromatic N) is 2. The molecule has 0 spiro atoms. The number of phenols is 1. The molecule has 0 bridgehead atoms. The SMILES string of the molecule is Cc1nn(C)cc1C(=O)NC(=O)Nc1ccccc1O. The van der Waals surface area contributed by atoms with E-state index in [1.165, 1.54) is 23.0 Å². The molecule has 0 unspecified atom stereocenters. The first-order valence-corrected chi connectivity index (χ1v) is 5.88. The minimum absolute atomic E-state index is 0.0762. The number of hydrogen-bond acceptors (Lipinski definition) is 4. The molecule has 1 aromatic carbocycles. The zero-order valence-corrected chi connectivity index (χ0v) is 11.0. The number of amides is 3. The summed E-state index contributed by atoms with van der Waals surface area (Å²) in [6, 6.07) is 5.52. The maximum Gasteiger partial charge on any atom is 0.326 e. The fraction of sp³-hybridized carbons (Fsp3) is 0.154. The van der Waals surface area contributed by atoms with Crippen molar-refractivity contribution in [1.82, 2.24) is 15.1 Å². The molecule has 0 aliphatic heterocycles. The Bertz CT molecular complexity index is 663. The maximum atomic E-state index is 11.9. The van der Waals surface area contributed by atoms with Crippen LogP contribution >= 0.6 is 0 Å². The second kappa shape index (κ2) is 5.43. The first-order valence-electron chi connectivity index (χ1n) is 5.88. The van der Waals surface area contributed by atoms with E-state index in [4.69, 9.17) is 0 Å². The van der Waals surface area contributed by atoms with E-state index in [1.54, 1.807) is 26.1 Å². The average molecular weight is 274 g/mol. The summed E-state index contributed by atoms with van der Waals surface area (Å²) < 4.78 is 1.49. The van der Waals surface area contributed by atoms with E-state index in [2.05, 4.69) is 15.7 Å². The van der Waals surface area contributed by atoms with E-state index >= 15 is 0 Å². The number of aryl methyl sites for hydroxylation is 2. The van der Waals surface area contributed by atoms with Crippen LogP contribution in [0.15, 0.2) is 30.5 Å². The highest BCUT2D eigenvalue weighted by molar-refractivity contribution is 6.08. The predicted octanol–water partition coefficient (Wildman–Crippen LogP) is 1.40. The van der Waals surface area contributed by atoms with Gasteiger partial charge in [-0.25, -0.2) is 4.79 Å². The molecule has 3 N–H and O–H groups in total. The van der Waals surface area contributed by atoms with Crippen LogP contribution in [0.3, 0.4) is 0 Å². The standard InChI is InChI=1S/C13H14N4O3/c1-8-9(7-17(2)16-8)12(19)15-13(20)14-10-5-3-4-6-11(10)18/h3-7,18H,1-2H3,(H2,14,15,19,20). The van der Waals surface area contributed by atoms with Gasteiger partial charge in [0.2, 0.25) is 0 Å². The molecule has 104 valence electrons. The van der Waals surface area contributed by atoms with Crippen LogP contribution in [0.1, 0.15) is 16.1 Å². The highest BCUT2D eigenvalue weighted by atomic mass is 16.3. The lowest BCUT2D eigenvalue weighted by Crippen LogP contribution is -2.34. The van der Waals surface area contributed by atoms with E-state index in [-0.39, 0.29) is 11.4 Å². The van der Waals surface area contributed by atoms with Crippen LogP contribution in [0.4, 0.5) is 10.5 Å². The molecule has 20 heavy (non-hydrogen) atoms. The number of benzene rings is 1. The van der Waals surface area contributed by atoms with Crippen molar-refractivity contribution in [3.8, 4) is 5.75 Å². The maximum absolute atomic E-state index is 11.9. The summed E-state index contributed by atoms with van der Waals surface area (Å²) in [5, 5.41) is 18.1. The van der Waals surface area contributed by atoms with Crippen molar-refractivity contribution >= 4 is 17.6 Å². The Labute approximate surface area is 115 Å². The van der Waals surface area contributed by atoms with E-state index in [0.29, 0.717) is 11.3 Å². The number of nitrogens with one attached hydrogen (secondary N) is 2. The fourth-order valence-electron chi connectivity index (χ4n) is 1.73. The molecule has 3 amide bonds. The number of imide groups is 1. The smallest absolute Gasteiger partial charge is 0.326 e. The normalized spacial score (nSPS) is 10.1. The third kappa shape index (κ3) is 2.94. The number of rotatable bonds is 2. The first-order chi connectivity index (χ1) is 9.47. The van der Waals surface area contributed by atoms with E-state index < -0.39 is 11.9 Å². The molecule has 0 saturated heterocycles. The largest absolute Gasteiger partial charge is 0.506 e. The van der Waals surface area contributed by atoms with Gasteiger partial charge < -0.3 is 10.4 Å². The molecule has 0 radical (unpaired) electrons. The number of para-hydroxylation sites is 2. The predicted molar refractivity (Wildman–Crippen MR) is 72.5 cm³/mol. The molecule has 7 heteroatoms. The Balaban J connectivity index is 2.03. The average Bonchev–Trinajstić information content (AvgIpc) is 2.71. The summed E-state index contributed by atoms with van der Waals surface area (Å²) in [6.45, 7) is 1.68. The Hall–Kier alpha value is -2.83. The highest BCUT2D eigenvalue weighted by Crippen LogP contribution is 2.21. The zero-order valence-electron chi connectivity index (χ0n) is 11.0. The molecule has 0 saturated carbocycles. The van der Waals surface area contributed by atoms with Crippen molar-refractivity contribution < 1.29 is 14.7 Å². The van der Waals surface area contributed by atoms with Crippen molar-refractivity contribution in [2.24, 2.45) is 7.05 Å². The summed E-state index contributed by atoms with van der Waals surface area (Å²) >= 11 is 0. The monoisotopic (exact) mass is 274 g/mol. The minimum Gasteiger partial charge on any atom is -0.506 e. The van der Waals surface area contributed by atoms with Crippen LogP contribution in [0.2, 0.25) is 0 Å². The minimum atomic E-state index is -0.722. The molecule has 2 rings (SSSR count). The van der Waals surface area contributed by atoms with Gasteiger partial charge >= 0.3 is 6.03 Å². The highest BCUT2D eigenvalue weighted by Gasteiger charge is 2.15. The topological polar surface area (TPSA) is 96.2 Å². The first kappa shape index (κ1) is 13.6. The van der Waals surface area contributed by atoms with E-state index in [0.717, 1.165) is 0 Å². The second-order valence-electron chi connectivity index (χ2n) is 4.23. The quantitative estimate of drug-likeness (QED) is 0.721. The number of carbonyl (C=O) groups is 2. The Morgan fingerprint density at radius 1 is 1.30 bits per heavy atom. The van der Waals surface area contributed by atoms with Gasteiger partial charge in [-0.2, -0.15) is 5.10 Å². The number of hydrogen-bond donors (Lipinski definition) is 3. The molecule has 2 aromatic rings. The van der Waals surface area contributed by atoms with Crippen molar-refractivity contribution in [3.05, 3.63) is 41.7 Å². The van der Waals surface area contributed by atoms with Crippen LogP contribution in [-0.2, 0) is 7.05 Å². The Kier molecular flexibility index (Phi) is 3.69. The van der Waals surface area contributed by atoms with Crippen molar-refractivity contribution in [2.75, 3.05) is 5.32 Å². The molecule has 1 aromatic heterocycles. The third-order valence-electron chi connectivity index (χ3n) is 2.64. The van der Waals surface area contributed by atoms with E-state index in [9.17, 15) is 14.7 Å². The second-order valence-corrected chi connectivity index (χ2v) is 4.23. The van der Waals surface area contributed by atoms with Crippen LogP contribution < -0.4 is 10.6 Å². The van der Waals surface area contributed by atoms with Crippen molar-refractivity contribution in [2.45, 2.75) is 6.92 Å². The molecular weight excluding hydrogens is 260 g/mol. The summed E-state index contributed by atoms with van der Waals surface area (Å²) in [6.07, 6.45) is 1.53. The molecule has 0 atom stereocenters. The summed E-state index contributed by atoms with van der Waals surface area (Å²) in [4.78, 5) is 23.6. The van der Waals surface area contributed by atoms with Gasteiger partial charge in [0.1, 0.15) is 5.75 Å². The molecule has 0 aliphatic carbocycles. The van der Waals surface area contributed by atoms with Gasteiger partial charge in [-0.3, -0.25) is 14.8 Å². The van der Waals surface area contributed by atoms with Crippen LogP contribution in [0.5, 0.6) is 5.75 Å². The van der Waals surface area contributed by atoms with Crippen LogP contribution in [0, 0.1) is 6.92 Å². The Morgan fingerprint density at radius 3 is 2.60 bits per heavy atom. The van der Waals surface area contributed by atoms with Crippen LogP contribution in [-0.4, -0.2) is 26.8 Å². The lowest BCUT2D eigenvalue weighted by molar-refractivity contribution is 0.0966. The van der Waals surface area contributed by atoms with Gasteiger partial charge in [0, 0.05) is 13.2 Å². The van der Waals surface area contributed by atoms with Crippen molar-refractivity contribution in [3.63, 3.8) is 0 Å². The summed E-state index contributed by atoms with van der Waals surface area (Å²) in [5.41, 5.74) is 1.07. The van der Waals surface area contributed by atoms with Gasteiger partial charge in [0.15, 0.2) is 0 Å². The number of urea groups is 1. The van der Waals surface area contributed by atoms with Gasteiger partial charge in [0.25, 0.3) is 5.91 Å². The fourth-order valence-corrected chi connectivity index (χ4v) is 1.73. The zero-order chi connectivity index (χ0) is 14.7.